The fourth-order valence-corrected chi connectivity index (χ4v) is 4.47. The predicted molar refractivity (Wildman–Crippen MR) is 115 cm³/mol. The Balaban J connectivity index is 1.61. The Kier molecular flexibility index (Phi) is 5.54. The van der Waals surface area contributed by atoms with Crippen LogP contribution in [0.3, 0.4) is 0 Å². The van der Waals surface area contributed by atoms with Crippen LogP contribution in [0.15, 0.2) is 39.1 Å². The van der Waals surface area contributed by atoms with E-state index in [1.807, 2.05) is 4.90 Å². The summed E-state index contributed by atoms with van der Waals surface area (Å²) in [5, 5.41) is 0.378. The van der Waals surface area contributed by atoms with E-state index >= 15 is 0 Å². The van der Waals surface area contributed by atoms with Gasteiger partial charge in [0.2, 0.25) is 16.0 Å². The SMILES string of the molecule is CNS(=O)(=O)c1cnc(N2CCC(n3c(=O)c(=O)n(C)c4cc(Cl)cnc43)CC2)nc1. The monoisotopic (exact) mass is 465 g/mol. The van der Waals surface area contributed by atoms with Gasteiger partial charge >= 0.3 is 11.1 Å². The fraction of sp³-hybridized carbons (Fsp3) is 0.389. The number of nitrogens with one attached hydrogen (secondary N) is 1. The number of aromatic nitrogens is 5. The van der Waals surface area contributed by atoms with E-state index in [2.05, 4.69) is 19.7 Å². The van der Waals surface area contributed by atoms with E-state index in [1.165, 1.54) is 41.8 Å². The van der Waals surface area contributed by atoms with Gasteiger partial charge in [-0.25, -0.2) is 28.1 Å². The Morgan fingerprint density at radius 2 is 1.71 bits per heavy atom. The second-order valence-electron chi connectivity index (χ2n) is 7.18. The van der Waals surface area contributed by atoms with Crippen molar-refractivity contribution in [1.82, 2.24) is 28.8 Å². The lowest BCUT2D eigenvalue weighted by Gasteiger charge is -2.33. The van der Waals surface area contributed by atoms with Crippen LogP contribution >= 0.6 is 11.6 Å². The summed E-state index contributed by atoms with van der Waals surface area (Å²) in [4.78, 5) is 39.7. The standard InChI is InChI=1S/C18H20ClN7O4S/c1-20-31(29,30)13-9-22-18(23-10-13)25-5-3-12(4-6-25)26-15-14(7-11(19)8-21-15)24(2)16(27)17(26)28/h7-10,12,20H,3-6H2,1-2H3. The zero-order chi connectivity index (χ0) is 22.3. The average molecular weight is 466 g/mol. The van der Waals surface area contributed by atoms with Crippen molar-refractivity contribution in [2.24, 2.45) is 7.05 Å². The molecule has 1 aliphatic heterocycles. The van der Waals surface area contributed by atoms with E-state index in [4.69, 9.17) is 11.6 Å². The second kappa shape index (κ2) is 8.02. The van der Waals surface area contributed by atoms with Crippen LogP contribution in [-0.4, -0.2) is 52.6 Å². The van der Waals surface area contributed by atoms with E-state index in [1.54, 1.807) is 6.07 Å². The molecule has 0 aromatic carbocycles. The minimum atomic E-state index is -3.61. The van der Waals surface area contributed by atoms with Crippen molar-refractivity contribution in [3.8, 4) is 0 Å². The van der Waals surface area contributed by atoms with Gasteiger partial charge in [-0.05, 0) is 26.0 Å². The van der Waals surface area contributed by atoms with Crippen molar-refractivity contribution in [1.29, 1.82) is 0 Å². The summed E-state index contributed by atoms with van der Waals surface area (Å²) in [7, 11) is -0.767. The number of fused-ring (bicyclic) bond motifs is 1. The molecule has 1 N–H and O–H groups in total. The number of hydrogen-bond donors (Lipinski definition) is 1. The summed E-state index contributed by atoms with van der Waals surface area (Å²) in [6.45, 7) is 1.05. The van der Waals surface area contributed by atoms with Gasteiger partial charge in [0, 0.05) is 32.4 Å². The van der Waals surface area contributed by atoms with Gasteiger partial charge in [-0.2, -0.15) is 0 Å². The van der Waals surface area contributed by atoms with E-state index in [0.29, 0.717) is 48.1 Å². The summed E-state index contributed by atoms with van der Waals surface area (Å²) in [6, 6.07) is 1.39. The van der Waals surface area contributed by atoms with Crippen molar-refractivity contribution in [3.05, 3.63) is 50.4 Å². The van der Waals surface area contributed by atoms with E-state index < -0.39 is 21.1 Å². The molecule has 0 unspecified atom stereocenters. The molecule has 13 heteroatoms. The number of nitrogens with zero attached hydrogens (tertiary/aromatic N) is 6. The molecule has 0 aliphatic carbocycles. The first-order valence-corrected chi connectivity index (χ1v) is 11.4. The average Bonchev–Trinajstić information content (AvgIpc) is 2.78. The molecular weight excluding hydrogens is 446 g/mol. The number of anilines is 1. The number of rotatable bonds is 4. The van der Waals surface area contributed by atoms with Crippen LogP contribution in [0.1, 0.15) is 18.9 Å². The minimum Gasteiger partial charge on any atom is -0.341 e. The molecule has 4 heterocycles. The third-order valence-corrected chi connectivity index (χ3v) is 6.99. The highest BCUT2D eigenvalue weighted by molar-refractivity contribution is 7.89. The molecule has 0 spiro atoms. The number of aryl methyl sites for hydroxylation is 1. The van der Waals surface area contributed by atoms with Crippen LogP contribution in [0.2, 0.25) is 5.02 Å². The Labute approximate surface area is 182 Å². The van der Waals surface area contributed by atoms with Gasteiger partial charge < -0.3 is 9.47 Å². The molecule has 1 aliphatic rings. The normalized spacial score (nSPS) is 15.5. The van der Waals surface area contributed by atoms with Crippen molar-refractivity contribution < 1.29 is 8.42 Å². The molecule has 164 valence electrons. The highest BCUT2D eigenvalue weighted by Crippen LogP contribution is 2.26. The van der Waals surface area contributed by atoms with Crippen molar-refractivity contribution in [3.63, 3.8) is 0 Å². The first-order valence-electron chi connectivity index (χ1n) is 9.50. The third-order valence-electron chi connectivity index (χ3n) is 5.42. The predicted octanol–water partition coefficient (Wildman–Crippen LogP) is 0.288. The molecular formula is C18H20ClN7O4S. The lowest BCUT2D eigenvalue weighted by atomic mass is 10.0. The van der Waals surface area contributed by atoms with Crippen LogP contribution in [0.25, 0.3) is 11.2 Å². The van der Waals surface area contributed by atoms with Crippen LogP contribution in [-0.2, 0) is 17.1 Å². The van der Waals surface area contributed by atoms with Gasteiger partial charge in [-0.15, -0.1) is 0 Å². The van der Waals surface area contributed by atoms with Crippen molar-refractivity contribution in [2.45, 2.75) is 23.8 Å². The lowest BCUT2D eigenvalue weighted by Crippen LogP contribution is -2.45. The maximum atomic E-state index is 12.8. The second-order valence-corrected chi connectivity index (χ2v) is 9.50. The lowest BCUT2D eigenvalue weighted by molar-refractivity contribution is 0.389. The zero-order valence-corrected chi connectivity index (χ0v) is 18.4. The molecule has 0 amide bonds. The largest absolute Gasteiger partial charge is 0.341 e. The summed E-state index contributed by atoms with van der Waals surface area (Å²) in [5.41, 5.74) is -0.359. The van der Waals surface area contributed by atoms with E-state index in [-0.39, 0.29) is 10.9 Å². The molecule has 0 saturated carbocycles. The number of piperidine rings is 1. The van der Waals surface area contributed by atoms with Gasteiger partial charge in [0.05, 0.1) is 22.9 Å². The maximum absolute atomic E-state index is 12.8. The Bertz CT molecular complexity index is 1360. The van der Waals surface area contributed by atoms with Gasteiger partial charge in [-0.3, -0.25) is 14.2 Å². The van der Waals surface area contributed by atoms with Gasteiger partial charge in [-0.1, -0.05) is 11.6 Å². The van der Waals surface area contributed by atoms with Gasteiger partial charge in [0.25, 0.3) is 0 Å². The summed E-state index contributed by atoms with van der Waals surface area (Å²) >= 11 is 6.03. The molecule has 1 saturated heterocycles. The van der Waals surface area contributed by atoms with Gasteiger partial charge in [0.15, 0.2) is 5.65 Å². The first kappa shape index (κ1) is 21.4. The van der Waals surface area contributed by atoms with E-state index in [9.17, 15) is 18.0 Å². The number of halogens is 1. The highest BCUT2D eigenvalue weighted by Gasteiger charge is 2.26. The molecule has 3 aromatic rings. The zero-order valence-electron chi connectivity index (χ0n) is 16.8. The third kappa shape index (κ3) is 3.82. The van der Waals surface area contributed by atoms with Crippen LogP contribution in [0.5, 0.6) is 0 Å². The molecule has 0 atom stereocenters. The highest BCUT2D eigenvalue weighted by atomic mass is 35.5. The van der Waals surface area contributed by atoms with Crippen LogP contribution < -0.4 is 20.7 Å². The number of sulfonamides is 1. The molecule has 11 nitrogen and oxygen atoms in total. The molecule has 3 aromatic heterocycles. The maximum Gasteiger partial charge on any atom is 0.318 e. The van der Waals surface area contributed by atoms with Gasteiger partial charge in [0.1, 0.15) is 4.90 Å². The van der Waals surface area contributed by atoms with Crippen molar-refractivity contribution >= 4 is 38.7 Å². The summed E-state index contributed by atoms with van der Waals surface area (Å²) in [6.07, 6.45) is 5.09. The smallest absolute Gasteiger partial charge is 0.318 e. The number of pyridine rings is 1. The Morgan fingerprint density at radius 1 is 1.06 bits per heavy atom. The molecule has 0 bridgehead atoms. The quantitative estimate of drug-likeness (QED) is 0.543. The van der Waals surface area contributed by atoms with Crippen LogP contribution in [0, 0.1) is 0 Å². The summed E-state index contributed by atoms with van der Waals surface area (Å²) < 4.78 is 28.6. The minimum absolute atomic E-state index is 0.0171. The molecule has 0 radical (unpaired) electrons. The fourth-order valence-electron chi connectivity index (χ4n) is 3.70. The van der Waals surface area contributed by atoms with Crippen LogP contribution in [0.4, 0.5) is 5.95 Å². The first-order chi connectivity index (χ1) is 14.7. The topological polar surface area (TPSA) is 132 Å². The van der Waals surface area contributed by atoms with Crippen molar-refractivity contribution in [2.75, 3.05) is 25.0 Å². The summed E-state index contributed by atoms with van der Waals surface area (Å²) in [5.74, 6) is 0.402. The number of hydrogen-bond acceptors (Lipinski definition) is 8. The van der Waals surface area contributed by atoms with E-state index in [0.717, 1.165) is 0 Å². The molecule has 1 fully saturated rings. The Morgan fingerprint density at radius 3 is 2.32 bits per heavy atom. The molecule has 31 heavy (non-hydrogen) atoms. The molecule has 4 rings (SSSR count). The Hall–Kier alpha value is -2.83.